The summed E-state index contributed by atoms with van der Waals surface area (Å²) in [5.74, 6) is 0.686. The number of aromatic nitrogens is 4. The van der Waals surface area contributed by atoms with Crippen LogP contribution >= 0.6 is 0 Å². The maximum Gasteiger partial charge on any atom is 0.0620 e. The third kappa shape index (κ3) is 4.90. The summed E-state index contributed by atoms with van der Waals surface area (Å²) in [5, 5.41) is 3.63. The number of nitrogens with zero attached hydrogens (tertiary/aromatic N) is 4. The zero-order chi connectivity index (χ0) is 21.8. The van der Waals surface area contributed by atoms with E-state index in [4.69, 9.17) is 4.98 Å². The number of benzene rings is 3. The molecule has 0 aliphatic carbocycles. The molecule has 0 saturated heterocycles. The number of imidazole rings is 1. The van der Waals surface area contributed by atoms with Crippen LogP contribution in [-0.4, -0.2) is 15.0 Å². The van der Waals surface area contributed by atoms with E-state index in [1.807, 2.05) is 30.3 Å². The molecule has 6 aromatic rings. The van der Waals surface area contributed by atoms with Crippen molar-refractivity contribution in [1.29, 1.82) is 0 Å². The SMILES string of the molecule is Cc1cc(-c2[c-]ccc3ccccc23)nc2ccccc12.[Ir].c1ccc(-c2ncc[n-]2)nc1. The zero-order valence-corrected chi connectivity index (χ0v) is 20.3. The van der Waals surface area contributed by atoms with E-state index in [9.17, 15) is 0 Å². The van der Waals surface area contributed by atoms with Crippen molar-refractivity contribution < 1.29 is 20.1 Å². The van der Waals surface area contributed by atoms with Crippen LogP contribution in [0.4, 0.5) is 0 Å². The standard InChI is InChI=1S/C20H14N.C8H6N3.Ir/c1-14-13-20(21-19-12-5-4-9-16(14)19)18-11-6-8-15-7-2-3-10-17(15)18;1-2-4-9-7(3-1)8-10-5-6-11-8;/h2-10,12-13H,1H3;1-6H;/q2*-1;. The average molecular weight is 605 g/mol. The van der Waals surface area contributed by atoms with Crippen molar-refractivity contribution in [2.75, 3.05) is 0 Å². The number of hydrogen-bond acceptors (Lipinski definition) is 3. The van der Waals surface area contributed by atoms with E-state index in [2.05, 4.69) is 82.5 Å². The molecule has 3 aromatic heterocycles. The van der Waals surface area contributed by atoms with Crippen molar-refractivity contribution in [2.45, 2.75) is 6.92 Å². The van der Waals surface area contributed by atoms with E-state index in [-0.39, 0.29) is 20.1 Å². The third-order valence-corrected chi connectivity index (χ3v) is 5.25. The van der Waals surface area contributed by atoms with Gasteiger partial charge >= 0.3 is 0 Å². The smallest absolute Gasteiger partial charge is 0.0620 e. The van der Waals surface area contributed by atoms with Crippen LogP contribution < -0.4 is 4.98 Å². The molecule has 6 rings (SSSR count). The summed E-state index contributed by atoms with van der Waals surface area (Å²) < 4.78 is 0. The fourth-order valence-electron chi connectivity index (χ4n) is 3.72. The van der Waals surface area contributed by atoms with Gasteiger partial charge in [-0.15, -0.1) is 29.1 Å². The molecule has 0 spiro atoms. The largest absolute Gasteiger partial charge is 0.441 e. The molecule has 33 heavy (non-hydrogen) atoms. The van der Waals surface area contributed by atoms with Crippen molar-refractivity contribution in [2.24, 2.45) is 0 Å². The first-order valence-corrected chi connectivity index (χ1v) is 10.4. The summed E-state index contributed by atoms with van der Waals surface area (Å²) in [7, 11) is 0. The van der Waals surface area contributed by atoms with Gasteiger partial charge < -0.3 is 9.97 Å². The number of para-hydroxylation sites is 1. The minimum atomic E-state index is 0. The van der Waals surface area contributed by atoms with Crippen LogP contribution in [0.5, 0.6) is 0 Å². The fraction of sp³-hybridized carbons (Fsp3) is 0.0357. The summed E-state index contributed by atoms with van der Waals surface area (Å²) >= 11 is 0. The van der Waals surface area contributed by atoms with Gasteiger partial charge in [0.15, 0.2) is 0 Å². The molecule has 0 unspecified atom stereocenters. The summed E-state index contributed by atoms with van der Waals surface area (Å²) in [6.45, 7) is 2.14. The first-order valence-electron chi connectivity index (χ1n) is 10.4. The Morgan fingerprint density at radius 3 is 2.33 bits per heavy atom. The number of rotatable bonds is 2. The Morgan fingerprint density at radius 1 is 0.758 bits per heavy atom. The van der Waals surface area contributed by atoms with Crippen LogP contribution in [0.15, 0.2) is 104 Å². The minimum Gasteiger partial charge on any atom is -0.441 e. The van der Waals surface area contributed by atoms with Crippen molar-refractivity contribution in [3.63, 3.8) is 0 Å². The van der Waals surface area contributed by atoms with E-state index in [1.54, 1.807) is 18.6 Å². The normalized spacial score (nSPS) is 10.3. The summed E-state index contributed by atoms with van der Waals surface area (Å²) in [6.07, 6.45) is 5.04. The van der Waals surface area contributed by atoms with Gasteiger partial charge in [-0.05, 0) is 42.2 Å². The molecule has 5 heteroatoms. The Bertz CT molecular complexity index is 1470. The molecule has 0 N–H and O–H groups in total. The zero-order valence-electron chi connectivity index (χ0n) is 17.9. The minimum absolute atomic E-state index is 0. The molecule has 0 aliphatic heterocycles. The Balaban J connectivity index is 0.000000183. The first-order chi connectivity index (χ1) is 15.8. The number of pyridine rings is 2. The Hall–Kier alpha value is -3.66. The van der Waals surface area contributed by atoms with Gasteiger partial charge in [-0.2, -0.15) is 0 Å². The van der Waals surface area contributed by atoms with Crippen LogP contribution in [0.25, 0.3) is 44.5 Å². The summed E-state index contributed by atoms with van der Waals surface area (Å²) in [5.41, 5.74) is 5.16. The van der Waals surface area contributed by atoms with E-state index in [1.165, 1.54) is 21.7 Å². The molecular weight excluding hydrogens is 585 g/mol. The maximum atomic E-state index is 4.83. The fourth-order valence-corrected chi connectivity index (χ4v) is 3.72. The van der Waals surface area contributed by atoms with E-state index < -0.39 is 0 Å². The van der Waals surface area contributed by atoms with Gasteiger partial charge in [0.2, 0.25) is 0 Å². The topological polar surface area (TPSA) is 52.8 Å². The monoisotopic (exact) mass is 605 g/mol. The van der Waals surface area contributed by atoms with Crippen LogP contribution in [-0.2, 0) is 20.1 Å². The van der Waals surface area contributed by atoms with Gasteiger partial charge in [0.25, 0.3) is 0 Å². The van der Waals surface area contributed by atoms with E-state index in [0.717, 1.165) is 22.5 Å². The molecule has 0 saturated carbocycles. The maximum absolute atomic E-state index is 4.83. The second-order valence-corrected chi connectivity index (χ2v) is 7.38. The van der Waals surface area contributed by atoms with Crippen molar-refractivity contribution in [3.05, 3.63) is 115 Å². The van der Waals surface area contributed by atoms with Gasteiger partial charge in [0.1, 0.15) is 0 Å². The first kappa shape index (κ1) is 22.5. The van der Waals surface area contributed by atoms with Gasteiger partial charge in [0.05, 0.1) is 11.2 Å². The molecule has 3 heterocycles. The van der Waals surface area contributed by atoms with Gasteiger partial charge in [-0.25, -0.2) is 0 Å². The Labute approximate surface area is 206 Å². The van der Waals surface area contributed by atoms with Crippen LogP contribution in [0.2, 0.25) is 0 Å². The number of fused-ring (bicyclic) bond motifs is 2. The molecule has 163 valence electrons. The predicted octanol–water partition coefficient (Wildman–Crippen LogP) is 6.26. The summed E-state index contributed by atoms with van der Waals surface area (Å²) in [4.78, 5) is 16.9. The van der Waals surface area contributed by atoms with Gasteiger partial charge in [-0.1, -0.05) is 72.4 Å². The average Bonchev–Trinajstić information content (AvgIpc) is 3.40. The molecule has 4 nitrogen and oxygen atoms in total. The van der Waals surface area contributed by atoms with Crippen molar-refractivity contribution >= 4 is 21.7 Å². The quantitative estimate of drug-likeness (QED) is 0.219. The number of hydrogen-bond donors (Lipinski definition) is 0. The van der Waals surface area contributed by atoms with Crippen molar-refractivity contribution in [3.8, 4) is 22.8 Å². The van der Waals surface area contributed by atoms with Crippen LogP contribution in [0.3, 0.4) is 0 Å². The van der Waals surface area contributed by atoms with E-state index >= 15 is 0 Å². The molecule has 0 atom stereocenters. The molecule has 0 bridgehead atoms. The summed E-state index contributed by atoms with van der Waals surface area (Å²) in [6, 6.07) is 31.9. The molecule has 1 radical (unpaired) electrons. The third-order valence-electron chi connectivity index (χ3n) is 5.25. The predicted molar refractivity (Wildman–Crippen MR) is 129 cm³/mol. The van der Waals surface area contributed by atoms with Crippen molar-refractivity contribution in [1.82, 2.24) is 19.9 Å². The van der Waals surface area contributed by atoms with Gasteiger partial charge in [-0.3, -0.25) is 9.97 Å². The Morgan fingerprint density at radius 2 is 1.55 bits per heavy atom. The molecule has 0 aliphatic rings. The van der Waals surface area contributed by atoms with Gasteiger partial charge in [0, 0.05) is 31.7 Å². The molecule has 0 amide bonds. The second-order valence-electron chi connectivity index (χ2n) is 7.38. The van der Waals surface area contributed by atoms with E-state index in [0.29, 0.717) is 5.82 Å². The molecule has 3 aromatic carbocycles. The van der Waals surface area contributed by atoms with Crippen LogP contribution in [0.1, 0.15) is 5.56 Å². The van der Waals surface area contributed by atoms with Crippen LogP contribution in [0, 0.1) is 13.0 Å². The second kappa shape index (κ2) is 10.3. The molecule has 0 fully saturated rings. The molecular formula is C28H20IrN4-2. The number of aryl methyl sites for hydroxylation is 1. The Kier molecular flexibility index (Phi) is 7.04.